The van der Waals surface area contributed by atoms with E-state index in [0.717, 1.165) is 6.07 Å². The van der Waals surface area contributed by atoms with Gasteiger partial charge < -0.3 is 10.4 Å². The van der Waals surface area contributed by atoms with Gasteiger partial charge >= 0.3 is 5.97 Å². The first kappa shape index (κ1) is 11.9. The summed E-state index contributed by atoms with van der Waals surface area (Å²) in [4.78, 5) is 10.7. The monoisotopic (exact) mass is 237 g/mol. The molecule has 1 atom stereocenters. The molecule has 0 spiro atoms. The predicted octanol–water partition coefficient (Wildman–Crippen LogP) is 3.12. The molecule has 4 heteroatoms. The van der Waals surface area contributed by atoms with Crippen molar-refractivity contribution in [2.75, 3.05) is 5.32 Å². The van der Waals surface area contributed by atoms with Gasteiger partial charge in [-0.25, -0.2) is 9.18 Å². The van der Waals surface area contributed by atoms with Crippen molar-refractivity contribution in [3.63, 3.8) is 0 Å². The van der Waals surface area contributed by atoms with Gasteiger partial charge in [0, 0.05) is 6.04 Å². The number of aromatic carboxylic acids is 1. The Labute approximate surface area is 99.7 Å². The summed E-state index contributed by atoms with van der Waals surface area (Å²) in [6.45, 7) is 2.04. The van der Waals surface area contributed by atoms with Crippen molar-refractivity contribution in [3.05, 3.63) is 29.6 Å². The van der Waals surface area contributed by atoms with E-state index in [2.05, 4.69) is 5.32 Å². The summed E-state index contributed by atoms with van der Waals surface area (Å²) in [6.07, 6.45) is 3.61. The Morgan fingerprint density at radius 3 is 2.71 bits per heavy atom. The molecule has 1 fully saturated rings. The average molecular weight is 237 g/mol. The zero-order chi connectivity index (χ0) is 12.4. The van der Waals surface area contributed by atoms with Crippen molar-refractivity contribution in [2.45, 2.75) is 32.2 Å². The Bertz CT molecular complexity index is 429. The molecule has 1 aromatic carbocycles. The third-order valence-corrected chi connectivity index (χ3v) is 3.46. The lowest BCUT2D eigenvalue weighted by Crippen LogP contribution is -2.31. The lowest BCUT2D eigenvalue weighted by Gasteiger charge is -2.32. The number of halogens is 1. The molecule has 92 valence electrons. The molecule has 0 saturated heterocycles. The van der Waals surface area contributed by atoms with Gasteiger partial charge in [-0.15, -0.1) is 0 Å². The summed E-state index contributed by atoms with van der Waals surface area (Å²) in [5.74, 6) is -1.01. The van der Waals surface area contributed by atoms with E-state index in [-0.39, 0.29) is 11.6 Å². The third kappa shape index (κ3) is 2.57. The average Bonchev–Trinajstić information content (AvgIpc) is 2.18. The molecule has 1 aromatic rings. The number of carbonyl (C=O) groups is 1. The second kappa shape index (κ2) is 4.73. The number of benzene rings is 1. The van der Waals surface area contributed by atoms with Crippen molar-refractivity contribution in [2.24, 2.45) is 5.92 Å². The minimum atomic E-state index is -1.11. The van der Waals surface area contributed by atoms with Crippen LogP contribution in [0.15, 0.2) is 18.2 Å². The zero-order valence-corrected chi connectivity index (χ0v) is 9.74. The molecule has 1 unspecified atom stereocenters. The van der Waals surface area contributed by atoms with E-state index in [1.807, 2.05) is 6.92 Å². The van der Waals surface area contributed by atoms with Gasteiger partial charge in [-0.3, -0.25) is 0 Å². The summed E-state index contributed by atoms with van der Waals surface area (Å²) in [5, 5.41) is 11.8. The van der Waals surface area contributed by atoms with Gasteiger partial charge in [0.15, 0.2) is 0 Å². The highest BCUT2D eigenvalue weighted by molar-refractivity contribution is 5.88. The van der Waals surface area contributed by atoms with Crippen LogP contribution < -0.4 is 5.32 Å². The molecule has 2 rings (SSSR count). The number of carboxylic acids is 1. The fraction of sp³-hybridized carbons (Fsp3) is 0.462. The minimum Gasteiger partial charge on any atom is -0.478 e. The molecule has 0 amide bonds. The van der Waals surface area contributed by atoms with E-state index < -0.39 is 11.8 Å². The zero-order valence-electron chi connectivity index (χ0n) is 9.74. The number of hydrogen-bond donors (Lipinski definition) is 2. The van der Waals surface area contributed by atoms with Gasteiger partial charge in [-0.2, -0.15) is 0 Å². The van der Waals surface area contributed by atoms with Crippen LogP contribution >= 0.6 is 0 Å². The number of anilines is 1. The van der Waals surface area contributed by atoms with E-state index in [1.54, 1.807) is 0 Å². The molecule has 1 aliphatic rings. The van der Waals surface area contributed by atoms with E-state index in [9.17, 15) is 9.18 Å². The van der Waals surface area contributed by atoms with Gasteiger partial charge in [0.05, 0.1) is 11.3 Å². The van der Waals surface area contributed by atoms with Crippen molar-refractivity contribution in [1.29, 1.82) is 0 Å². The molecule has 0 bridgehead atoms. The summed E-state index contributed by atoms with van der Waals surface area (Å²) in [6, 6.07) is 4.20. The molecule has 1 saturated carbocycles. The van der Waals surface area contributed by atoms with Crippen LogP contribution in [0.4, 0.5) is 10.1 Å². The van der Waals surface area contributed by atoms with Crippen molar-refractivity contribution >= 4 is 11.7 Å². The predicted molar refractivity (Wildman–Crippen MR) is 63.8 cm³/mol. The Balaban J connectivity index is 2.07. The smallest absolute Gasteiger partial charge is 0.335 e. The Morgan fingerprint density at radius 2 is 2.24 bits per heavy atom. The van der Waals surface area contributed by atoms with Crippen LogP contribution in [0.1, 0.15) is 36.5 Å². The Morgan fingerprint density at radius 1 is 1.53 bits per heavy atom. The molecule has 0 radical (unpaired) electrons. The first-order valence-electron chi connectivity index (χ1n) is 5.87. The van der Waals surface area contributed by atoms with E-state index >= 15 is 0 Å². The maximum atomic E-state index is 13.6. The van der Waals surface area contributed by atoms with Gasteiger partial charge in [-0.1, -0.05) is 6.42 Å². The normalized spacial score (nSPS) is 17.3. The third-order valence-electron chi connectivity index (χ3n) is 3.46. The quantitative estimate of drug-likeness (QED) is 0.845. The maximum absolute atomic E-state index is 13.6. The Kier molecular flexibility index (Phi) is 3.31. The molecule has 1 aliphatic carbocycles. The molecule has 0 aromatic heterocycles. The van der Waals surface area contributed by atoms with Gasteiger partial charge in [0.2, 0.25) is 0 Å². The maximum Gasteiger partial charge on any atom is 0.335 e. The van der Waals surface area contributed by atoms with Crippen LogP contribution in [0.3, 0.4) is 0 Å². The second-order valence-electron chi connectivity index (χ2n) is 4.62. The lowest BCUT2D eigenvalue weighted by molar-refractivity contribution is 0.0696. The van der Waals surface area contributed by atoms with Crippen molar-refractivity contribution in [3.8, 4) is 0 Å². The molecule has 17 heavy (non-hydrogen) atoms. The van der Waals surface area contributed by atoms with E-state index in [0.29, 0.717) is 11.6 Å². The van der Waals surface area contributed by atoms with E-state index in [4.69, 9.17) is 5.11 Å². The minimum absolute atomic E-state index is 0.0238. The van der Waals surface area contributed by atoms with Crippen molar-refractivity contribution in [1.82, 2.24) is 0 Å². The van der Waals surface area contributed by atoms with Crippen LogP contribution in [0, 0.1) is 11.7 Å². The number of nitrogens with one attached hydrogen (secondary N) is 1. The number of carboxylic acid groups (broad SMARTS) is 1. The molecular weight excluding hydrogens is 221 g/mol. The summed E-state index contributed by atoms with van der Waals surface area (Å²) >= 11 is 0. The highest BCUT2D eigenvalue weighted by Crippen LogP contribution is 2.31. The van der Waals surface area contributed by atoms with Crippen LogP contribution in [-0.2, 0) is 0 Å². The van der Waals surface area contributed by atoms with E-state index in [1.165, 1.54) is 31.4 Å². The first-order valence-corrected chi connectivity index (χ1v) is 5.87. The first-order chi connectivity index (χ1) is 8.08. The van der Waals surface area contributed by atoms with Gasteiger partial charge in [-0.05, 0) is 43.9 Å². The van der Waals surface area contributed by atoms with Crippen LogP contribution in [-0.4, -0.2) is 17.1 Å². The fourth-order valence-corrected chi connectivity index (χ4v) is 2.07. The fourth-order valence-electron chi connectivity index (χ4n) is 2.07. The highest BCUT2D eigenvalue weighted by atomic mass is 19.1. The van der Waals surface area contributed by atoms with Crippen LogP contribution in [0.2, 0.25) is 0 Å². The number of rotatable bonds is 4. The SMILES string of the molecule is CC(Nc1ccc(C(=O)O)cc1F)C1CCC1. The van der Waals surface area contributed by atoms with Gasteiger partial charge in [0.25, 0.3) is 0 Å². The number of hydrogen-bond acceptors (Lipinski definition) is 2. The topological polar surface area (TPSA) is 49.3 Å². The summed E-state index contributed by atoms with van der Waals surface area (Å²) in [5.41, 5.74) is 0.360. The van der Waals surface area contributed by atoms with Crippen molar-refractivity contribution < 1.29 is 14.3 Å². The van der Waals surface area contributed by atoms with Crippen LogP contribution in [0.25, 0.3) is 0 Å². The molecule has 2 N–H and O–H groups in total. The largest absolute Gasteiger partial charge is 0.478 e. The van der Waals surface area contributed by atoms with Crippen LogP contribution in [0.5, 0.6) is 0 Å². The Hall–Kier alpha value is -1.58. The summed E-state index contributed by atoms with van der Waals surface area (Å²) < 4.78 is 13.6. The molecule has 3 nitrogen and oxygen atoms in total. The molecule has 0 aliphatic heterocycles. The molecular formula is C13H16FNO2. The van der Waals surface area contributed by atoms with Gasteiger partial charge in [0.1, 0.15) is 5.82 Å². The highest BCUT2D eigenvalue weighted by Gasteiger charge is 2.24. The second-order valence-corrected chi connectivity index (χ2v) is 4.62. The standard InChI is InChI=1S/C13H16FNO2/c1-8(9-3-2-4-9)15-12-6-5-10(13(16)17)7-11(12)14/h5-9,15H,2-4H2,1H3,(H,16,17). The summed E-state index contributed by atoms with van der Waals surface area (Å²) in [7, 11) is 0. The lowest BCUT2D eigenvalue weighted by atomic mass is 9.80. The molecule has 0 heterocycles.